The number of thioether (sulfide) groups is 1. The highest BCUT2D eigenvalue weighted by molar-refractivity contribution is 9.10. The third kappa shape index (κ3) is 3.67. The first-order valence-corrected chi connectivity index (χ1v) is 10.5. The zero-order chi connectivity index (χ0) is 18.1. The largest absolute Gasteiger partial charge is 0.473 e. The van der Waals surface area contributed by atoms with Crippen LogP contribution >= 0.6 is 27.7 Å². The van der Waals surface area contributed by atoms with Crippen LogP contribution in [0.5, 0.6) is 5.88 Å². The molecule has 4 rings (SSSR count). The Hall–Kier alpha value is -1.78. The molecule has 0 atom stereocenters. The third-order valence-corrected chi connectivity index (χ3v) is 6.20. The van der Waals surface area contributed by atoms with Crippen molar-refractivity contribution in [3.63, 3.8) is 0 Å². The number of hydrogen-bond acceptors (Lipinski definition) is 3. The second-order valence-corrected chi connectivity index (χ2v) is 8.68. The van der Waals surface area contributed by atoms with E-state index in [0.717, 1.165) is 22.2 Å². The van der Waals surface area contributed by atoms with Crippen LogP contribution in [0.2, 0.25) is 0 Å². The van der Waals surface area contributed by atoms with Crippen LogP contribution in [-0.2, 0) is 13.0 Å². The molecule has 0 aliphatic carbocycles. The number of pyridine rings is 1. The van der Waals surface area contributed by atoms with Crippen molar-refractivity contribution in [3.05, 3.63) is 75.4 Å². The molecule has 3 aromatic rings. The molecule has 0 unspecified atom stereocenters. The lowest BCUT2D eigenvalue weighted by Gasteiger charge is -2.13. The molecule has 0 saturated carbocycles. The van der Waals surface area contributed by atoms with E-state index in [0.29, 0.717) is 12.5 Å². The highest BCUT2D eigenvalue weighted by atomic mass is 79.9. The van der Waals surface area contributed by atoms with Crippen molar-refractivity contribution in [2.75, 3.05) is 5.75 Å². The lowest BCUT2D eigenvalue weighted by molar-refractivity contribution is 0.293. The summed E-state index contributed by atoms with van der Waals surface area (Å²) < 4.78 is 7.08. The number of hydrogen-bond donors (Lipinski definition) is 0. The fourth-order valence-electron chi connectivity index (χ4n) is 3.46. The van der Waals surface area contributed by atoms with Gasteiger partial charge >= 0.3 is 0 Å². The lowest BCUT2D eigenvalue weighted by Crippen LogP contribution is -1.98. The zero-order valence-electron chi connectivity index (χ0n) is 14.9. The Kier molecular flexibility index (Phi) is 5.05. The Morgan fingerprint density at radius 3 is 2.73 bits per heavy atom. The summed E-state index contributed by atoms with van der Waals surface area (Å²) in [6, 6.07) is 15.0. The summed E-state index contributed by atoms with van der Waals surface area (Å²) in [5, 5.41) is 0. The summed E-state index contributed by atoms with van der Waals surface area (Å²) in [5.74, 6) is 1.86. The molecule has 0 bridgehead atoms. The molecular weight excluding hydrogens is 406 g/mol. The van der Waals surface area contributed by atoms with Gasteiger partial charge in [-0.05, 0) is 71.8 Å². The van der Waals surface area contributed by atoms with Gasteiger partial charge in [0.2, 0.25) is 5.88 Å². The molecule has 0 saturated heterocycles. The summed E-state index contributed by atoms with van der Waals surface area (Å²) >= 11 is 5.46. The van der Waals surface area contributed by atoms with Crippen molar-refractivity contribution in [1.82, 2.24) is 4.98 Å². The molecule has 0 amide bonds. The lowest BCUT2D eigenvalue weighted by atomic mass is 9.95. The standard InChI is InChI=1S/C22H20BrNOS/c1-14-8-19(23)9-15(2)22(14)17-5-3-4-16(10-17)13-25-21-11-20-18(12-24-21)6-7-26-20/h3-5,8-12H,6-7,13H2,1-2H3. The Morgan fingerprint density at radius 1 is 1.12 bits per heavy atom. The van der Waals surface area contributed by atoms with Gasteiger partial charge in [-0.3, -0.25) is 0 Å². The van der Waals surface area contributed by atoms with Crippen molar-refractivity contribution in [2.45, 2.75) is 31.8 Å². The van der Waals surface area contributed by atoms with Gasteiger partial charge in [-0.15, -0.1) is 11.8 Å². The minimum Gasteiger partial charge on any atom is -0.473 e. The summed E-state index contributed by atoms with van der Waals surface area (Å²) in [6.45, 7) is 4.84. The van der Waals surface area contributed by atoms with Crippen LogP contribution < -0.4 is 4.74 Å². The number of benzene rings is 2. The average Bonchev–Trinajstić information content (AvgIpc) is 3.07. The quantitative estimate of drug-likeness (QED) is 0.485. The summed E-state index contributed by atoms with van der Waals surface area (Å²) in [7, 11) is 0. The van der Waals surface area contributed by atoms with E-state index in [1.165, 1.54) is 32.7 Å². The molecule has 2 nitrogen and oxygen atoms in total. The SMILES string of the molecule is Cc1cc(Br)cc(C)c1-c1cccc(COc2cc3c(cn2)CCS3)c1. The molecule has 2 aromatic carbocycles. The number of nitrogens with zero attached hydrogens (tertiary/aromatic N) is 1. The molecule has 0 radical (unpaired) electrons. The number of aryl methyl sites for hydroxylation is 3. The van der Waals surface area contributed by atoms with Crippen LogP contribution in [0.15, 0.2) is 58.0 Å². The Bertz CT molecular complexity index is 947. The maximum atomic E-state index is 5.96. The average molecular weight is 426 g/mol. The van der Waals surface area contributed by atoms with Crippen LogP contribution in [-0.4, -0.2) is 10.7 Å². The number of halogens is 1. The van der Waals surface area contributed by atoms with E-state index >= 15 is 0 Å². The molecule has 1 aliphatic rings. The predicted molar refractivity (Wildman–Crippen MR) is 112 cm³/mol. The second-order valence-electron chi connectivity index (χ2n) is 6.63. The van der Waals surface area contributed by atoms with Crippen molar-refractivity contribution in [3.8, 4) is 17.0 Å². The predicted octanol–water partition coefficient (Wildman–Crippen LogP) is 6.36. The van der Waals surface area contributed by atoms with Crippen LogP contribution in [0.1, 0.15) is 22.3 Å². The van der Waals surface area contributed by atoms with Crippen molar-refractivity contribution < 1.29 is 4.74 Å². The molecule has 1 aromatic heterocycles. The van der Waals surface area contributed by atoms with Gasteiger partial charge in [-0.2, -0.15) is 0 Å². The van der Waals surface area contributed by atoms with Crippen molar-refractivity contribution >= 4 is 27.7 Å². The Morgan fingerprint density at radius 2 is 1.92 bits per heavy atom. The molecule has 0 fully saturated rings. The fraction of sp³-hybridized carbons (Fsp3) is 0.227. The zero-order valence-corrected chi connectivity index (χ0v) is 17.3. The van der Waals surface area contributed by atoms with Gasteiger partial charge in [-0.1, -0.05) is 34.1 Å². The van der Waals surface area contributed by atoms with E-state index in [1.54, 1.807) is 0 Å². The van der Waals surface area contributed by atoms with Crippen molar-refractivity contribution in [1.29, 1.82) is 0 Å². The molecule has 1 aliphatic heterocycles. The van der Waals surface area contributed by atoms with Gasteiger partial charge in [0.15, 0.2) is 0 Å². The number of aromatic nitrogens is 1. The summed E-state index contributed by atoms with van der Waals surface area (Å²) in [5.41, 5.74) is 7.55. The van der Waals surface area contributed by atoms with E-state index in [2.05, 4.69) is 77.2 Å². The van der Waals surface area contributed by atoms with Gasteiger partial charge in [0.1, 0.15) is 6.61 Å². The molecule has 4 heteroatoms. The molecule has 132 valence electrons. The normalized spacial score (nSPS) is 12.9. The minimum atomic E-state index is 0.527. The Labute approximate surface area is 167 Å². The molecule has 2 heterocycles. The molecule has 0 spiro atoms. The smallest absolute Gasteiger partial charge is 0.214 e. The van der Waals surface area contributed by atoms with Gasteiger partial charge in [0.05, 0.1) is 0 Å². The van der Waals surface area contributed by atoms with E-state index in [-0.39, 0.29) is 0 Å². The monoisotopic (exact) mass is 425 g/mol. The maximum absolute atomic E-state index is 5.96. The van der Waals surface area contributed by atoms with Crippen LogP contribution in [0.4, 0.5) is 0 Å². The van der Waals surface area contributed by atoms with Crippen LogP contribution in [0.3, 0.4) is 0 Å². The highest BCUT2D eigenvalue weighted by Gasteiger charge is 2.13. The molecular formula is C22H20BrNOS. The van der Waals surface area contributed by atoms with Gasteiger partial charge in [-0.25, -0.2) is 4.98 Å². The van der Waals surface area contributed by atoms with Crippen LogP contribution in [0, 0.1) is 13.8 Å². The summed E-state index contributed by atoms with van der Waals surface area (Å²) in [6.07, 6.45) is 3.07. The first-order valence-electron chi connectivity index (χ1n) is 8.71. The van der Waals surface area contributed by atoms with E-state index < -0.39 is 0 Å². The van der Waals surface area contributed by atoms with E-state index in [9.17, 15) is 0 Å². The number of ether oxygens (including phenoxy) is 1. The number of fused-ring (bicyclic) bond motifs is 1. The van der Waals surface area contributed by atoms with E-state index in [4.69, 9.17) is 4.74 Å². The maximum Gasteiger partial charge on any atom is 0.214 e. The second kappa shape index (κ2) is 7.45. The van der Waals surface area contributed by atoms with Gasteiger partial charge < -0.3 is 4.74 Å². The van der Waals surface area contributed by atoms with Crippen molar-refractivity contribution in [2.24, 2.45) is 0 Å². The van der Waals surface area contributed by atoms with Gasteiger partial charge in [0.25, 0.3) is 0 Å². The van der Waals surface area contributed by atoms with Gasteiger partial charge in [0, 0.05) is 27.4 Å². The molecule has 0 N–H and O–H groups in total. The third-order valence-electron chi connectivity index (χ3n) is 4.65. The first kappa shape index (κ1) is 17.6. The minimum absolute atomic E-state index is 0.527. The fourth-order valence-corrected chi connectivity index (χ4v) is 5.21. The Balaban J connectivity index is 1.55. The molecule has 26 heavy (non-hydrogen) atoms. The van der Waals surface area contributed by atoms with Crippen LogP contribution in [0.25, 0.3) is 11.1 Å². The number of rotatable bonds is 4. The van der Waals surface area contributed by atoms with E-state index in [1.807, 2.05) is 18.0 Å². The summed E-state index contributed by atoms with van der Waals surface area (Å²) in [4.78, 5) is 5.75. The first-order chi connectivity index (χ1) is 12.6. The highest BCUT2D eigenvalue weighted by Crippen LogP contribution is 2.33. The topological polar surface area (TPSA) is 22.1 Å².